The van der Waals surface area contributed by atoms with E-state index in [-0.39, 0.29) is 18.9 Å². The number of para-hydroxylation sites is 1. The Morgan fingerprint density at radius 3 is 2.70 bits per heavy atom. The van der Waals surface area contributed by atoms with Crippen LogP contribution in [-0.4, -0.2) is 42.1 Å². The summed E-state index contributed by atoms with van der Waals surface area (Å²) in [5, 5.41) is 8.57. The molecule has 1 amide bonds. The molecule has 0 saturated carbocycles. The zero-order valence-corrected chi connectivity index (χ0v) is 11.7. The van der Waals surface area contributed by atoms with E-state index in [0.29, 0.717) is 12.4 Å². The number of hydrogen-bond acceptors (Lipinski definition) is 3. The number of carboxylic acids is 1. The number of ether oxygens (including phenoxy) is 1. The van der Waals surface area contributed by atoms with Gasteiger partial charge in [-0.2, -0.15) is 0 Å². The topological polar surface area (TPSA) is 66.8 Å². The van der Waals surface area contributed by atoms with Gasteiger partial charge in [-0.3, -0.25) is 9.59 Å². The van der Waals surface area contributed by atoms with Gasteiger partial charge in [0.05, 0.1) is 13.0 Å². The number of carbonyl (C=O) groups is 2. The first-order chi connectivity index (χ1) is 9.54. The smallest absolute Gasteiger partial charge is 0.305 e. The van der Waals surface area contributed by atoms with Crippen molar-refractivity contribution < 1.29 is 19.4 Å². The van der Waals surface area contributed by atoms with Gasteiger partial charge in [-0.15, -0.1) is 0 Å². The Kier molecular flexibility index (Phi) is 6.29. The van der Waals surface area contributed by atoms with Crippen LogP contribution < -0.4 is 4.74 Å². The molecule has 0 aliphatic rings. The average Bonchev–Trinajstić information content (AvgIpc) is 2.43. The van der Waals surface area contributed by atoms with Crippen molar-refractivity contribution in [2.45, 2.75) is 13.3 Å². The second-order valence-corrected chi connectivity index (χ2v) is 4.21. The summed E-state index contributed by atoms with van der Waals surface area (Å²) in [4.78, 5) is 23.6. The van der Waals surface area contributed by atoms with Gasteiger partial charge in [0.2, 0.25) is 5.91 Å². The summed E-state index contributed by atoms with van der Waals surface area (Å²) in [6.45, 7) is 2.63. The third-order valence-electron chi connectivity index (χ3n) is 2.66. The Balaban J connectivity index is 2.67. The molecule has 20 heavy (non-hydrogen) atoms. The first-order valence-corrected chi connectivity index (χ1v) is 6.41. The highest BCUT2D eigenvalue weighted by atomic mass is 16.5. The maximum atomic E-state index is 11.8. The predicted octanol–water partition coefficient (Wildman–Crippen LogP) is 2.03. The number of rotatable bonds is 7. The predicted molar refractivity (Wildman–Crippen MR) is 76.5 cm³/mol. The van der Waals surface area contributed by atoms with Gasteiger partial charge in [-0.25, -0.2) is 0 Å². The van der Waals surface area contributed by atoms with Crippen LogP contribution in [0.4, 0.5) is 0 Å². The molecule has 0 saturated heterocycles. The lowest BCUT2D eigenvalue weighted by molar-refractivity contribution is -0.137. The molecule has 0 unspecified atom stereocenters. The van der Waals surface area contributed by atoms with Crippen molar-refractivity contribution in [2.24, 2.45) is 0 Å². The number of aliphatic carboxylic acids is 1. The van der Waals surface area contributed by atoms with Crippen molar-refractivity contribution in [3.8, 4) is 5.75 Å². The second-order valence-electron chi connectivity index (χ2n) is 4.21. The number of benzene rings is 1. The summed E-state index contributed by atoms with van der Waals surface area (Å²) in [6, 6.07) is 7.41. The molecular formula is C15H19NO4. The molecule has 5 nitrogen and oxygen atoms in total. The summed E-state index contributed by atoms with van der Waals surface area (Å²) in [6.07, 6.45) is 3.02. The van der Waals surface area contributed by atoms with Gasteiger partial charge in [-0.05, 0) is 19.1 Å². The molecule has 0 heterocycles. The van der Waals surface area contributed by atoms with Crippen molar-refractivity contribution in [3.63, 3.8) is 0 Å². The quantitative estimate of drug-likeness (QED) is 0.774. The second kappa shape index (κ2) is 7.99. The van der Waals surface area contributed by atoms with E-state index < -0.39 is 5.97 Å². The van der Waals surface area contributed by atoms with Gasteiger partial charge in [0.15, 0.2) is 0 Å². The molecule has 0 aliphatic carbocycles. The Morgan fingerprint density at radius 2 is 2.05 bits per heavy atom. The van der Waals surface area contributed by atoms with Crippen molar-refractivity contribution in [3.05, 3.63) is 35.9 Å². The fourth-order valence-electron chi connectivity index (χ4n) is 1.57. The summed E-state index contributed by atoms with van der Waals surface area (Å²) < 4.78 is 5.45. The van der Waals surface area contributed by atoms with Crippen molar-refractivity contribution in [2.75, 3.05) is 20.2 Å². The highest BCUT2D eigenvalue weighted by Gasteiger charge is 2.07. The van der Waals surface area contributed by atoms with E-state index in [0.717, 1.165) is 5.56 Å². The standard InChI is InChI=1S/C15H19NO4/c1-3-20-13-7-5-4-6-12(13)8-9-14(17)16(2)11-10-15(18)19/h4-9H,3,10-11H2,1-2H3,(H,18,19). The lowest BCUT2D eigenvalue weighted by Crippen LogP contribution is -2.27. The highest BCUT2D eigenvalue weighted by Crippen LogP contribution is 2.19. The number of hydrogen-bond donors (Lipinski definition) is 1. The van der Waals surface area contributed by atoms with Gasteiger partial charge < -0.3 is 14.7 Å². The van der Waals surface area contributed by atoms with Gasteiger partial charge in [-0.1, -0.05) is 18.2 Å². The molecule has 0 aliphatic heterocycles. The van der Waals surface area contributed by atoms with E-state index in [1.165, 1.54) is 11.0 Å². The van der Waals surface area contributed by atoms with Gasteiger partial charge >= 0.3 is 5.97 Å². The van der Waals surface area contributed by atoms with E-state index in [9.17, 15) is 9.59 Å². The van der Waals surface area contributed by atoms with Crippen LogP contribution in [0.25, 0.3) is 6.08 Å². The first kappa shape index (κ1) is 15.8. The van der Waals surface area contributed by atoms with Crippen LogP contribution in [0.15, 0.2) is 30.3 Å². The van der Waals surface area contributed by atoms with E-state index in [2.05, 4.69) is 0 Å². The zero-order valence-electron chi connectivity index (χ0n) is 11.7. The molecule has 5 heteroatoms. The number of likely N-dealkylation sites (N-methyl/N-ethyl adjacent to an activating group) is 1. The van der Waals surface area contributed by atoms with Gasteiger partial charge in [0.25, 0.3) is 0 Å². The van der Waals surface area contributed by atoms with Crippen molar-refractivity contribution in [1.29, 1.82) is 0 Å². The van der Waals surface area contributed by atoms with E-state index in [1.807, 2.05) is 31.2 Å². The van der Waals surface area contributed by atoms with Crippen LogP contribution in [-0.2, 0) is 9.59 Å². The van der Waals surface area contributed by atoms with Crippen molar-refractivity contribution in [1.82, 2.24) is 4.90 Å². The Hall–Kier alpha value is -2.30. The van der Waals surface area contributed by atoms with E-state index in [4.69, 9.17) is 9.84 Å². The van der Waals surface area contributed by atoms with Crippen LogP contribution in [0.2, 0.25) is 0 Å². The SMILES string of the molecule is CCOc1ccccc1C=CC(=O)N(C)CCC(=O)O. The Morgan fingerprint density at radius 1 is 1.35 bits per heavy atom. The molecule has 0 aromatic heterocycles. The largest absolute Gasteiger partial charge is 0.493 e. The maximum Gasteiger partial charge on any atom is 0.305 e. The average molecular weight is 277 g/mol. The molecule has 0 atom stereocenters. The molecule has 1 N–H and O–H groups in total. The summed E-state index contributed by atoms with van der Waals surface area (Å²) in [5.41, 5.74) is 0.814. The van der Waals surface area contributed by atoms with E-state index in [1.54, 1.807) is 13.1 Å². The third kappa shape index (κ3) is 5.14. The van der Waals surface area contributed by atoms with Crippen LogP contribution >= 0.6 is 0 Å². The molecule has 1 aromatic carbocycles. The molecule has 1 aromatic rings. The lowest BCUT2D eigenvalue weighted by Gasteiger charge is -2.13. The van der Waals surface area contributed by atoms with Crippen LogP contribution in [0.1, 0.15) is 18.9 Å². The molecule has 0 bridgehead atoms. The Bertz CT molecular complexity index is 496. The monoisotopic (exact) mass is 277 g/mol. The number of nitrogens with zero attached hydrogens (tertiary/aromatic N) is 1. The minimum Gasteiger partial charge on any atom is -0.493 e. The van der Waals surface area contributed by atoms with Crippen LogP contribution in [0, 0.1) is 0 Å². The molecule has 0 fully saturated rings. The molecule has 0 radical (unpaired) electrons. The molecule has 108 valence electrons. The third-order valence-corrected chi connectivity index (χ3v) is 2.66. The van der Waals surface area contributed by atoms with Gasteiger partial charge in [0, 0.05) is 25.2 Å². The maximum absolute atomic E-state index is 11.8. The number of amides is 1. The highest BCUT2D eigenvalue weighted by molar-refractivity contribution is 5.92. The minimum absolute atomic E-state index is 0.0639. The van der Waals surface area contributed by atoms with Crippen LogP contribution in [0.3, 0.4) is 0 Å². The normalized spacial score (nSPS) is 10.5. The van der Waals surface area contributed by atoms with Gasteiger partial charge in [0.1, 0.15) is 5.75 Å². The Labute approximate surface area is 118 Å². The van der Waals surface area contributed by atoms with E-state index >= 15 is 0 Å². The molecular weight excluding hydrogens is 258 g/mol. The lowest BCUT2D eigenvalue weighted by atomic mass is 10.2. The number of carboxylic acid groups (broad SMARTS) is 1. The minimum atomic E-state index is -0.921. The molecule has 0 spiro atoms. The zero-order chi connectivity index (χ0) is 15.0. The summed E-state index contributed by atoms with van der Waals surface area (Å²) >= 11 is 0. The molecule has 1 rings (SSSR count). The van der Waals surface area contributed by atoms with Crippen molar-refractivity contribution >= 4 is 18.0 Å². The summed E-state index contributed by atoms with van der Waals surface area (Å²) in [7, 11) is 1.57. The fraction of sp³-hybridized carbons (Fsp3) is 0.333. The summed E-state index contributed by atoms with van der Waals surface area (Å²) in [5.74, 6) is -0.444. The van der Waals surface area contributed by atoms with Crippen LogP contribution in [0.5, 0.6) is 5.75 Å². The fourth-order valence-corrected chi connectivity index (χ4v) is 1.57. The number of carbonyl (C=O) groups excluding carboxylic acids is 1. The first-order valence-electron chi connectivity index (χ1n) is 6.41.